The van der Waals surface area contributed by atoms with Gasteiger partial charge in [0.25, 0.3) is 0 Å². The van der Waals surface area contributed by atoms with Crippen LogP contribution in [0, 0.1) is 5.92 Å². The van der Waals surface area contributed by atoms with Crippen molar-refractivity contribution in [3.63, 3.8) is 0 Å². The quantitative estimate of drug-likeness (QED) is 0.671. The minimum absolute atomic E-state index is 0.0914. The largest absolute Gasteiger partial charge is 0.326 e. The second-order valence-corrected chi connectivity index (χ2v) is 4.32. The first-order chi connectivity index (χ1) is 4.80. The van der Waals surface area contributed by atoms with Gasteiger partial charge in [0.15, 0.2) is 0 Å². The van der Waals surface area contributed by atoms with Crippen LogP contribution in [0.15, 0.2) is 0 Å². The number of rotatable bonds is 3. The molecular formula is C9H22N2. The van der Waals surface area contributed by atoms with Crippen molar-refractivity contribution in [2.45, 2.75) is 39.3 Å². The van der Waals surface area contributed by atoms with Gasteiger partial charge in [-0.15, -0.1) is 0 Å². The predicted octanol–water partition coefficient (Wildman–Crippen LogP) is 1.31. The molecule has 0 saturated carbocycles. The fraction of sp³-hybridized carbons (Fsp3) is 1.00. The fourth-order valence-corrected chi connectivity index (χ4v) is 1.11. The first kappa shape index (κ1) is 10.9. The second kappa shape index (κ2) is 3.55. The highest BCUT2D eigenvalue weighted by Crippen LogP contribution is 2.19. The monoisotopic (exact) mass is 158 g/mol. The Labute approximate surface area is 70.8 Å². The van der Waals surface area contributed by atoms with Crippen molar-refractivity contribution in [1.82, 2.24) is 4.90 Å². The maximum Gasteiger partial charge on any atom is 0.0300 e. The molecule has 0 aliphatic rings. The highest BCUT2D eigenvalue weighted by atomic mass is 15.2. The number of nitrogens with zero attached hydrogens (tertiary/aromatic N) is 1. The van der Waals surface area contributed by atoms with Gasteiger partial charge in [0.05, 0.1) is 0 Å². The van der Waals surface area contributed by atoms with Crippen LogP contribution in [0.5, 0.6) is 0 Å². The summed E-state index contributed by atoms with van der Waals surface area (Å²) in [7, 11) is 4.14. The van der Waals surface area contributed by atoms with Crippen molar-refractivity contribution in [1.29, 1.82) is 0 Å². The lowest BCUT2D eigenvalue weighted by Crippen LogP contribution is -2.55. The molecule has 0 aromatic carbocycles. The molecule has 1 atom stereocenters. The average Bonchev–Trinajstić information content (AvgIpc) is 1.85. The van der Waals surface area contributed by atoms with Gasteiger partial charge in [0.2, 0.25) is 0 Å². The van der Waals surface area contributed by atoms with Crippen LogP contribution in [0.3, 0.4) is 0 Å². The molecule has 0 heterocycles. The van der Waals surface area contributed by atoms with Crippen molar-refractivity contribution in [2.75, 3.05) is 14.1 Å². The van der Waals surface area contributed by atoms with Gasteiger partial charge < -0.3 is 10.6 Å². The zero-order valence-corrected chi connectivity index (χ0v) is 8.68. The third kappa shape index (κ3) is 2.46. The lowest BCUT2D eigenvalue weighted by atomic mass is 9.86. The molecule has 2 heteroatoms. The van der Waals surface area contributed by atoms with E-state index in [0.29, 0.717) is 5.92 Å². The van der Waals surface area contributed by atoms with E-state index in [-0.39, 0.29) is 11.6 Å². The van der Waals surface area contributed by atoms with Crippen molar-refractivity contribution in [3.8, 4) is 0 Å². The van der Waals surface area contributed by atoms with Crippen LogP contribution in [-0.2, 0) is 0 Å². The molecule has 0 aliphatic heterocycles. The summed E-state index contributed by atoms with van der Waals surface area (Å²) in [6.07, 6.45) is 0. The first-order valence-electron chi connectivity index (χ1n) is 4.23. The minimum Gasteiger partial charge on any atom is -0.326 e. The van der Waals surface area contributed by atoms with E-state index >= 15 is 0 Å². The van der Waals surface area contributed by atoms with Crippen LogP contribution < -0.4 is 5.73 Å². The Balaban J connectivity index is 4.29. The van der Waals surface area contributed by atoms with Crippen LogP contribution in [0.2, 0.25) is 0 Å². The molecule has 0 spiro atoms. The summed E-state index contributed by atoms with van der Waals surface area (Å²) in [5.74, 6) is 0.535. The summed E-state index contributed by atoms with van der Waals surface area (Å²) < 4.78 is 0. The van der Waals surface area contributed by atoms with E-state index in [1.165, 1.54) is 0 Å². The smallest absolute Gasteiger partial charge is 0.0300 e. The average molecular weight is 158 g/mol. The molecule has 2 nitrogen and oxygen atoms in total. The molecule has 0 radical (unpaired) electrons. The van der Waals surface area contributed by atoms with Crippen LogP contribution in [0.25, 0.3) is 0 Å². The molecule has 0 fully saturated rings. The maximum atomic E-state index is 6.05. The van der Waals surface area contributed by atoms with Gasteiger partial charge in [-0.3, -0.25) is 0 Å². The van der Waals surface area contributed by atoms with Gasteiger partial charge in [-0.25, -0.2) is 0 Å². The first-order valence-corrected chi connectivity index (χ1v) is 4.23. The van der Waals surface area contributed by atoms with E-state index in [4.69, 9.17) is 5.73 Å². The highest BCUT2D eigenvalue weighted by molar-refractivity contribution is 4.90. The van der Waals surface area contributed by atoms with E-state index in [1.54, 1.807) is 0 Å². The Morgan fingerprint density at radius 1 is 1.18 bits per heavy atom. The summed E-state index contributed by atoms with van der Waals surface area (Å²) in [6, 6.07) is 0.234. The zero-order valence-electron chi connectivity index (χ0n) is 8.68. The Hall–Kier alpha value is -0.0800. The third-order valence-corrected chi connectivity index (χ3v) is 2.69. The number of likely N-dealkylation sites (N-methyl/N-ethyl adjacent to an activating group) is 1. The van der Waals surface area contributed by atoms with Gasteiger partial charge in [0, 0.05) is 11.6 Å². The SMILES string of the molecule is CC(C)C(N)C(C)(C)N(C)C. The van der Waals surface area contributed by atoms with Crippen molar-refractivity contribution in [3.05, 3.63) is 0 Å². The van der Waals surface area contributed by atoms with Crippen molar-refractivity contribution >= 4 is 0 Å². The summed E-state index contributed by atoms with van der Waals surface area (Å²) in [6.45, 7) is 8.68. The molecular weight excluding hydrogens is 136 g/mol. The molecule has 11 heavy (non-hydrogen) atoms. The Morgan fingerprint density at radius 3 is 1.64 bits per heavy atom. The Morgan fingerprint density at radius 2 is 1.55 bits per heavy atom. The normalized spacial score (nSPS) is 16.1. The second-order valence-electron chi connectivity index (χ2n) is 4.32. The lowest BCUT2D eigenvalue weighted by Gasteiger charge is -2.40. The van der Waals surface area contributed by atoms with Crippen LogP contribution in [0.4, 0.5) is 0 Å². The van der Waals surface area contributed by atoms with Gasteiger partial charge in [-0.1, -0.05) is 13.8 Å². The van der Waals surface area contributed by atoms with Gasteiger partial charge in [0.1, 0.15) is 0 Å². The molecule has 2 N–H and O–H groups in total. The summed E-state index contributed by atoms with van der Waals surface area (Å²) in [5, 5.41) is 0. The summed E-state index contributed by atoms with van der Waals surface area (Å²) in [5.41, 5.74) is 6.14. The van der Waals surface area contributed by atoms with Crippen molar-refractivity contribution < 1.29 is 0 Å². The molecule has 0 aromatic heterocycles. The molecule has 0 saturated heterocycles. The molecule has 0 rings (SSSR count). The summed E-state index contributed by atoms with van der Waals surface area (Å²) >= 11 is 0. The van der Waals surface area contributed by atoms with Crippen molar-refractivity contribution in [2.24, 2.45) is 11.7 Å². The van der Waals surface area contributed by atoms with E-state index in [9.17, 15) is 0 Å². The van der Waals surface area contributed by atoms with Crippen LogP contribution in [-0.4, -0.2) is 30.6 Å². The van der Waals surface area contributed by atoms with E-state index in [1.807, 2.05) is 0 Å². The maximum absolute atomic E-state index is 6.05. The third-order valence-electron chi connectivity index (χ3n) is 2.69. The molecule has 0 amide bonds. The van der Waals surface area contributed by atoms with Gasteiger partial charge in [-0.05, 0) is 33.9 Å². The standard InChI is InChI=1S/C9H22N2/c1-7(2)8(10)9(3,4)11(5)6/h7-8H,10H2,1-6H3. The molecule has 1 unspecified atom stereocenters. The predicted molar refractivity (Wildman–Crippen MR) is 50.6 cm³/mol. The molecule has 0 aromatic rings. The Kier molecular flexibility index (Phi) is 3.52. The lowest BCUT2D eigenvalue weighted by molar-refractivity contribution is 0.134. The minimum atomic E-state index is 0.0914. The topological polar surface area (TPSA) is 29.3 Å². The summed E-state index contributed by atoms with van der Waals surface area (Å²) in [4.78, 5) is 2.18. The van der Waals surface area contributed by atoms with E-state index < -0.39 is 0 Å². The number of hydrogen-bond donors (Lipinski definition) is 1. The van der Waals surface area contributed by atoms with Gasteiger partial charge in [-0.2, -0.15) is 0 Å². The number of nitrogens with two attached hydrogens (primary N) is 1. The van der Waals surface area contributed by atoms with Gasteiger partial charge >= 0.3 is 0 Å². The fourth-order valence-electron chi connectivity index (χ4n) is 1.11. The zero-order chi connectivity index (χ0) is 9.23. The molecule has 0 bridgehead atoms. The van der Waals surface area contributed by atoms with Crippen LogP contribution in [0.1, 0.15) is 27.7 Å². The molecule has 0 aliphatic carbocycles. The number of hydrogen-bond acceptors (Lipinski definition) is 2. The van der Waals surface area contributed by atoms with E-state index in [2.05, 4.69) is 46.7 Å². The highest BCUT2D eigenvalue weighted by Gasteiger charge is 2.30. The van der Waals surface area contributed by atoms with E-state index in [0.717, 1.165) is 0 Å². The van der Waals surface area contributed by atoms with Crippen LogP contribution >= 0.6 is 0 Å². The Bertz CT molecular complexity index is 117. The molecule has 68 valence electrons.